The topological polar surface area (TPSA) is 68.9 Å². The minimum Gasteiger partial charge on any atom is -0.497 e. The van der Waals surface area contributed by atoms with Crippen molar-refractivity contribution in [3.8, 4) is 17.2 Å². The highest BCUT2D eigenvalue weighted by molar-refractivity contribution is 5.61. The number of ether oxygens (including phenoxy) is 3. The molecule has 1 atom stereocenters. The summed E-state index contributed by atoms with van der Waals surface area (Å²) in [6.07, 6.45) is 0.788. The summed E-state index contributed by atoms with van der Waals surface area (Å²) in [6, 6.07) is 21.9. The molecule has 0 spiro atoms. The molecule has 32 heavy (non-hydrogen) atoms. The summed E-state index contributed by atoms with van der Waals surface area (Å²) >= 11 is 0. The number of hydrogen-bond donors (Lipinski definition) is 1. The molecule has 1 unspecified atom stereocenters. The Morgan fingerprint density at radius 1 is 0.969 bits per heavy atom. The van der Waals surface area contributed by atoms with Crippen molar-refractivity contribution in [2.24, 2.45) is 5.11 Å². The number of hydrogen-bond acceptors (Lipinski definition) is 5. The molecular formula is C26H32N3O3+. The molecule has 0 saturated carbocycles. The predicted octanol–water partition coefficient (Wildman–Crippen LogP) is 4.37. The first-order valence-corrected chi connectivity index (χ1v) is 10.7. The molecule has 0 saturated heterocycles. The molecule has 0 aliphatic carbocycles. The second-order valence-corrected chi connectivity index (χ2v) is 7.85. The van der Waals surface area contributed by atoms with E-state index in [-0.39, 0.29) is 6.10 Å². The van der Waals surface area contributed by atoms with Crippen LogP contribution >= 0.6 is 0 Å². The maximum absolute atomic E-state index is 6.05. The highest BCUT2D eigenvalue weighted by atomic mass is 16.5. The third-order valence-corrected chi connectivity index (χ3v) is 5.22. The van der Waals surface area contributed by atoms with Gasteiger partial charge in [-0.05, 0) is 60.9 Å². The first kappa shape index (κ1) is 23.1. The van der Waals surface area contributed by atoms with Crippen LogP contribution < -0.4 is 24.6 Å². The highest BCUT2D eigenvalue weighted by Crippen LogP contribution is 2.31. The lowest BCUT2D eigenvalue weighted by Crippen LogP contribution is -2.30. The number of nitrogens with zero attached hydrogens (tertiary/aromatic N) is 2. The van der Waals surface area contributed by atoms with Gasteiger partial charge >= 0.3 is 0 Å². The predicted molar refractivity (Wildman–Crippen MR) is 127 cm³/mol. The lowest BCUT2D eigenvalue weighted by Gasteiger charge is -2.25. The third-order valence-electron chi connectivity index (χ3n) is 5.22. The van der Waals surface area contributed by atoms with Gasteiger partial charge < -0.3 is 19.1 Å². The number of likely N-dealkylation sites (N-methyl/N-ethyl adjacent to an activating group) is 1. The average Bonchev–Trinajstić information content (AvgIpc) is 2.81. The van der Waals surface area contributed by atoms with Gasteiger partial charge in [0.05, 0.1) is 20.3 Å². The van der Waals surface area contributed by atoms with Gasteiger partial charge in [0.2, 0.25) is 0 Å². The van der Waals surface area contributed by atoms with Crippen LogP contribution in [-0.2, 0) is 6.42 Å². The Hall–Kier alpha value is -3.54. The molecule has 0 aliphatic rings. The lowest BCUT2D eigenvalue weighted by atomic mass is 10.1. The number of methoxy groups -OCH3 is 1. The Kier molecular flexibility index (Phi) is 8.08. The first-order chi connectivity index (χ1) is 15.5. The lowest BCUT2D eigenvalue weighted by molar-refractivity contribution is -0.210. The summed E-state index contributed by atoms with van der Waals surface area (Å²) in [5.41, 5.74) is 9.59. The van der Waals surface area contributed by atoms with Crippen LogP contribution in [0.25, 0.3) is 0 Å². The zero-order valence-corrected chi connectivity index (χ0v) is 19.2. The normalized spacial score (nSPS) is 11.5. The molecule has 6 heteroatoms. The van der Waals surface area contributed by atoms with Gasteiger partial charge in [-0.2, -0.15) is 5.53 Å². The van der Waals surface area contributed by atoms with E-state index in [1.165, 1.54) is 11.1 Å². The van der Waals surface area contributed by atoms with Crippen LogP contribution in [0.1, 0.15) is 18.1 Å². The minimum absolute atomic E-state index is 0.0148. The second-order valence-electron chi connectivity index (χ2n) is 7.85. The zero-order valence-electron chi connectivity index (χ0n) is 19.2. The van der Waals surface area contributed by atoms with Gasteiger partial charge in [-0.15, -0.1) is 0 Å². The Morgan fingerprint density at radius 3 is 2.31 bits per heavy atom. The molecule has 6 nitrogen and oxygen atoms in total. The molecule has 168 valence electrons. The summed E-state index contributed by atoms with van der Waals surface area (Å²) in [7, 11) is 3.69. The van der Waals surface area contributed by atoms with Crippen LogP contribution in [0.15, 0.2) is 71.8 Å². The molecule has 3 aromatic carbocycles. The van der Waals surface area contributed by atoms with E-state index >= 15 is 0 Å². The molecule has 0 heterocycles. The molecule has 2 N–H and O–H groups in total. The van der Waals surface area contributed by atoms with Crippen molar-refractivity contribution < 1.29 is 19.7 Å². The Balaban J connectivity index is 1.59. The molecule has 0 radical (unpaired) electrons. The van der Waals surface area contributed by atoms with E-state index in [1.54, 1.807) is 7.11 Å². The zero-order chi connectivity index (χ0) is 22.9. The van der Waals surface area contributed by atoms with Gasteiger partial charge in [0.1, 0.15) is 17.6 Å². The van der Waals surface area contributed by atoms with E-state index in [2.05, 4.69) is 36.0 Å². The Bertz CT molecular complexity index is 1000. The molecular weight excluding hydrogens is 402 g/mol. The van der Waals surface area contributed by atoms with Crippen molar-refractivity contribution >= 4 is 11.4 Å². The van der Waals surface area contributed by atoms with Gasteiger partial charge in [0.25, 0.3) is 0 Å². The molecule has 0 bridgehead atoms. The van der Waals surface area contributed by atoms with Crippen molar-refractivity contribution in [1.82, 2.24) is 0 Å². The van der Waals surface area contributed by atoms with Crippen molar-refractivity contribution in [1.29, 1.82) is 0 Å². The first-order valence-electron chi connectivity index (χ1n) is 10.7. The monoisotopic (exact) mass is 434 g/mol. The Labute approximate surface area is 190 Å². The van der Waals surface area contributed by atoms with Crippen molar-refractivity contribution in [3.63, 3.8) is 0 Å². The van der Waals surface area contributed by atoms with Crippen molar-refractivity contribution in [2.45, 2.75) is 26.4 Å². The molecule has 3 rings (SSSR count). The van der Waals surface area contributed by atoms with Crippen LogP contribution in [0.4, 0.5) is 11.4 Å². The molecule has 3 aromatic rings. The van der Waals surface area contributed by atoms with E-state index in [4.69, 9.17) is 19.7 Å². The summed E-state index contributed by atoms with van der Waals surface area (Å²) in [5.74, 6) is 2.38. The molecule has 0 fully saturated rings. The highest BCUT2D eigenvalue weighted by Gasteiger charge is 2.13. The van der Waals surface area contributed by atoms with E-state index in [1.807, 2.05) is 61.6 Å². The standard InChI is InChI=1S/C26H31N3O3/c1-19-5-10-24(11-6-19)32-20(2)18-29(3)22-9-14-25(28-27)26(17-22)31-16-15-21-7-12-23(30-4)13-8-21/h5-14,17,20,27H,15-16,18H2,1-4H3/p+1. The third kappa shape index (κ3) is 6.48. The van der Waals surface area contributed by atoms with E-state index in [0.717, 1.165) is 30.2 Å². The van der Waals surface area contributed by atoms with Crippen LogP contribution in [0.5, 0.6) is 17.2 Å². The maximum Gasteiger partial charge on any atom is 0.171 e. The molecule has 0 aliphatic heterocycles. The fourth-order valence-corrected chi connectivity index (χ4v) is 3.41. The fraction of sp³-hybridized carbons (Fsp3) is 0.308. The van der Waals surface area contributed by atoms with Gasteiger partial charge in [0.15, 0.2) is 11.4 Å². The van der Waals surface area contributed by atoms with Crippen LogP contribution in [-0.4, -0.2) is 33.4 Å². The minimum atomic E-state index is 0.0148. The largest absolute Gasteiger partial charge is 0.497 e. The Morgan fingerprint density at radius 2 is 1.66 bits per heavy atom. The van der Waals surface area contributed by atoms with Gasteiger partial charge in [-0.3, -0.25) is 0 Å². The quantitative estimate of drug-likeness (QED) is 0.455. The SMILES string of the molecule is COc1ccc(CCOc2cc(N(C)CC(C)Oc3ccc(C)cc3)ccc2N=[NH2+])cc1. The molecule has 0 amide bonds. The number of nitrogens with two attached hydrogens (primary N) is 1. The summed E-state index contributed by atoms with van der Waals surface area (Å²) in [5, 5.41) is 3.86. The van der Waals surface area contributed by atoms with Gasteiger partial charge in [-0.25, -0.2) is 0 Å². The van der Waals surface area contributed by atoms with Crippen LogP contribution in [0, 0.1) is 6.92 Å². The summed E-state index contributed by atoms with van der Waals surface area (Å²) < 4.78 is 17.3. The average molecular weight is 435 g/mol. The van der Waals surface area contributed by atoms with Crippen LogP contribution in [0.2, 0.25) is 0 Å². The van der Waals surface area contributed by atoms with Crippen molar-refractivity contribution in [3.05, 3.63) is 77.9 Å². The van der Waals surface area contributed by atoms with Gasteiger partial charge in [0, 0.05) is 25.2 Å². The fourth-order valence-electron chi connectivity index (χ4n) is 3.41. The summed E-state index contributed by atoms with van der Waals surface area (Å²) in [4.78, 5) is 2.13. The van der Waals surface area contributed by atoms with E-state index in [9.17, 15) is 0 Å². The maximum atomic E-state index is 6.05. The number of benzene rings is 3. The van der Waals surface area contributed by atoms with E-state index in [0.29, 0.717) is 18.0 Å². The van der Waals surface area contributed by atoms with Crippen LogP contribution in [0.3, 0.4) is 0 Å². The van der Waals surface area contributed by atoms with Gasteiger partial charge in [-0.1, -0.05) is 29.8 Å². The smallest absolute Gasteiger partial charge is 0.171 e. The number of anilines is 1. The second kappa shape index (κ2) is 11.2. The number of aryl methyl sites for hydroxylation is 1. The van der Waals surface area contributed by atoms with E-state index < -0.39 is 0 Å². The number of rotatable bonds is 11. The molecule has 0 aromatic heterocycles. The van der Waals surface area contributed by atoms with Crippen molar-refractivity contribution in [2.75, 3.05) is 32.2 Å². The summed E-state index contributed by atoms with van der Waals surface area (Å²) in [6.45, 7) is 5.37.